The van der Waals surface area contributed by atoms with Crippen LogP contribution in [0, 0.1) is 0 Å². The van der Waals surface area contributed by atoms with Crippen LogP contribution in [0.25, 0.3) is 0 Å². The number of hydrogen-bond donors (Lipinski definition) is 0. The van der Waals surface area contributed by atoms with E-state index in [0.29, 0.717) is 18.6 Å². The number of carbonyl (C=O) groups excluding carboxylic acids is 1. The van der Waals surface area contributed by atoms with Crippen LogP contribution >= 0.6 is 0 Å². The van der Waals surface area contributed by atoms with Gasteiger partial charge in [0.05, 0.1) is 6.61 Å². The fourth-order valence-corrected chi connectivity index (χ4v) is 1.20. The van der Waals surface area contributed by atoms with E-state index in [1.807, 2.05) is 37.3 Å². The maximum absolute atomic E-state index is 11.2. The molecule has 17 heavy (non-hydrogen) atoms. The minimum atomic E-state index is -0.350. The van der Waals surface area contributed by atoms with E-state index in [1.54, 1.807) is 6.92 Å². The molecule has 0 N–H and O–H groups in total. The predicted octanol–water partition coefficient (Wildman–Crippen LogP) is 2.96. The van der Waals surface area contributed by atoms with Crippen molar-refractivity contribution in [1.29, 1.82) is 0 Å². The van der Waals surface area contributed by atoms with Gasteiger partial charge in [0.25, 0.3) is 0 Å². The summed E-state index contributed by atoms with van der Waals surface area (Å²) in [6.45, 7) is 7.53. The molecule has 1 unspecified atom stereocenters. The zero-order valence-electron chi connectivity index (χ0n) is 10.3. The van der Waals surface area contributed by atoms with Crippen LogP contribution in [0.15, 0.2) is 42.5 Å². The molecule has 0 bridgehead atoms. The van der Waals surface area contributed by atoms with E-state index in [2.05, 4.69) is 6.58 Å². The van der Waals surface area contributed by atoms with E-state index in [-0.39, 0.29) is 12.1 Å². The van der Waals surface area contributed by atoms with E-state index in [9.17, 15) is 4.79 Å². The molecule has 1 atom stereocenters. The molecule has 0 fully saturated rings. The van der Waals surface area contributed by atoms with Crippen molar-refractivity contribution in [3.05, 3.63) is 42.5 Å². The molecule has 0 aromatic heterocycles. The van der Waals surface area contributed by atoms with Gasteiger partial charge in [-0.3, -0.25) is 0 Å². The van der Waals surface area contributed by atoms with Crippen molar-refractivity contribution in [2.45, 2.75) is 26.4 Å². The van der Waals surface area contributed by atoms with Crippen LogP contribution < -0.4 is 4.74 Å². The molecule has 0 radical (unpaired) electrons. The molecule has 0 saturated heterocycles. The minimum Gasteiger partial charge on any atom is -0.493 e. The quantitative estimate of drug-likeness (QED) is 0.560. The topological polar surface area (TPSA) is 35.5 Å². The van der Waals surface area contributed by atoms with Crippen LogP contribution in [0.2, 0.25) is 0 Å². The van der Waals surface area contributed by atoms with Gasteiger partial charge >= 0.3 is 5.97 Å². The van der Waals surface area contributed by atoms with Crippen molar-refractivity contribution in [1.82, 2.24) is 0 Å². The Bertz CT molecular complexity index is 370. The predicted molar refractivity (Wildman–Crippen MR) is 66.9 cm³/mol. The van der Waals surface area contributed by atoms with Gasteiger partial charge in [-0.25, -0.2) is 4.79 Å². The number of carbonyl (C=O) groups is 1. The van der Waals surface area contributed by atoms with Crippen molar-refractivity contribution in [3.63, 3.8) is 0 Å². The number of hydrogen-bond acceptors (Lipinski definition) is 3. The summed E-state index contributed by atoms with van der Waals surface area (Å²) in [6.07, 6.45) is 0.497. The van der Waals surface area contributed by atoms with E-state index >= 15 is 0 Å². The Morgan fingerprint density at radius 1 is 1.35 bits per heavy atom. The average molecular weight is 234 g/mol. The van der Waals surface area contributed by atoms with Crippen molar-refractivity contribution >= 4 is 5.97 Å². The Labute approximate surface area is 102 Å². The second-order valence-electron chi connectivity index (χ2n) is 3.95. The molecule has 0 saturated carbocycles. The molecule has 3 nitrogen and oxygen atoms in total. The van der Waals surface area contributed by atoms with E-state index in [1.165, 1.54) is 0 Å². The first-order valence-corrected chi connectivity index (χ1v) is 5.64. The molecule has 3 heteroatoms. The first-order chi connectivity index (χ1) is 8.09. The Morgan fingerprint density at radius 3 is 2.59 bits per heavy atom. The monoisotopic (exact) mass is 234 g/mol. The summed E-state index contributed by atoms with van der Waals surface area (Å²) in [5.41, 5.74) is 0.417. The lowest BCUT2D eigenvalue weighted by atomic mass is 10.3. The summed E-state index contributed by atoms with van der Waals surface area (Å²) in [4.78, 5) is 11.2. The van der Waals surface area contributed by atoms with Crippen molar-refractivity contribution in [2.75, 3.05) is 6.61 Å². The molecule has 92 valence electrons. The molecule has 0 heterocycles. The van der Waals surface area contributed by atoms with Crippen LogP contribution in [0.1, 0.15) is 20.3 Å². The maximum atomic E-state index is 11.2. The lowest BCUT2D eigenvalue weighted by Crippen LogP contribution is -2.17. The SMILES string of the molecule is C=C(C)C(=O)OC(C)CCOc1ccccc1. The Balaban J connectivity index is 2.23. The summed E-state index contributed by atoms with van der Waals surface area (Å²) in [7, 11) is 0. The Kier molecular flexibility index (Phi) is 5.27. The van der Waals surface area contributed by atoms with Gasteiger partial charge in [0, 0.05) is 12.0 Å². The molecule has 1 aromatic rings. The smallest absolute Gasteiger partial charge is 0.333 e. The van der Waals surface area contributed by atoms with Gasteiger partial charge in [-0.15, -0.1) is 0 Å². The van der Waals surface area contributed by atoms with Crippen LogP contribution in [0.3, 0.4) is 0 Å². The van der Waals surface area contributed by atoms with Gasteiger partial charge in [-0.2, -0.15) is 0 Å². The van der Waals surface area contributed by atoms with E-state index in [4.69, 9.17) is 9.47 Å². The summed E-state index contributed by atoms with van der Waals surface area (Å²) >= 11 is 0. The van der Waals surface area contributed by atoms with Crippen molar-refractivity contribution < 1.29 is 14.3 Å². The second-order valence-corrected chi connectivity index (χ2v) is 3.95. The third kappa shape index (κ3) is 5.20. The number of rotatable bonds is 6. The average Bonchev–Trinajstić information content (AvgIpc) is 2.30. The minimum absolute atomic E-state index is 0.164. The normalized spacial score (nSPS) is 11.6. The largest absolute Gasteiger partial charge is 0.493 e. The fraction of sp³-hybridized carbons (Fsp3) is 0.357. The highest BCUT2D eigenvalue weighted by atomic mass is 16.5. The van der Waals surface area contributed by atoms with Crippen LogP contribution in [0.4, 0.5) is 0 Å². The molecule has 0 spiro atoms. The van der Waals surface area contributed by atoms with Crippen molar-refractivity contribution in [3.8, 4) is 5.75 Å². The molecule has 1 aromatic carbocycles. The summed E-state index contributed by atoms with van der Waals surface area (Å²) in [5, 5.41) is 0. The molecule has 0 aliphatic carbocycles. The number of ether oxygens (including phenoxy) is 2. The molecule has 0 aliphatic rings. The lowest BCUT2D eigenvalue weighted by molar-refractivity contribution is -0.143. The van der Waals surface area contributed by atoms with Crippen molar-refractivity contribution in [2.24, 2.45) is 0 Å². The van der Waals surface area contributed by atoms with Crippen LogP contribution in [0.5, 0.6) is 5.75 Å². The van der Waals surface area contributed by atoms with Gasteiger partial charge < -0.3 is 9.47 Å². The van der Waals surface area contributed by atoms with Crippen LogP contribution in [-0.2, 0) is 9.53 Å². The molecule has 0 amide bonds. The standard InChI is InChI=1S/C14H18O3/c1-11(2)14(15)17-12(3)9-10-16-13-7-5-4-6-8-13/h4-8,12H,1,9-10H2,2-3H3. The Hall–Kier alpha value is -1.77. The molecular weight excluding hydrogens is 216 g/mol. The number of benzene rings is 1. The second kappa shape index (κ2) is 6.74. The van der Waals surface area contributed by atoms with Gasteiger partial charge in [-0.1, -0.05) is 24.8 Å². The zero-order valence-corrected chi connectivity index (χ0v) is 10.3. The summed E-state index contributed by atoms with van der Waals surface area (Å²) in [6, 6.07) is 9.55. The highest BCUT2D eigenvalue weighted by Crippen LogP contribution is 2.10. The molecule has 0 aliphatic heterocycles. The third-order valence-electron chi connectivity index (χ3n) is 2.19. The highest BCUT2D eigenvalue weighted by Gasteiger charge is 2.09. The summed E-state index contributed by atoms with van der Waals surface area (Å²) in [5.74, 6) is 0.475. The van der Waals surface area contributed by atoms with Gasteiger partial charge in [0.15, 0.2) is 0 Å². The first kappa shape index (κ1) is 13.3. The summed E-state index contributed by atoms with van der Waals surface area (Å²) < 4.78 is 10.6. The van der Waals surface area contributed by atoms with Gasteiger partial charge in [0.2, 0.25) is 0 Å². The highest BCUT2D eigenvalue weighted by molar-refractivity contribution is 5.87. The number of para-hydroxylation sites is 1. The molecular formula is C14H18O3. The number of esters is 1. The first-order valence-electron chi connectivity index (χ1n) is 5.64. The Morgan fingerprint density at radius 2 is 2.00 bits per heavy atom. The van der Waals surface area contributed by atoms with Crippen LogP contribution in [-0.4, -0.2) is 18.7 Å². The molecule has 1 rings (SSSR count). The van der Waals surface area contributed by atoms with E-state index in [0.717, 1.165) is 5.75 Å². The lowest BCUT2D eigenvalue weighted by Gasteiger charge is -2.13. The van der Waals surface area contributed by atoms with Gasteiger partial charge in [0.1, 0.15) is 11.9 Å². The maximum Gasteiger partial charge on any atom is 0.333 e. The van der Waals surface area contributed by atoms with Gasteiger partial charge in [-0.05, 0) is 26.0 Å². The third-order valence-corrected chi connectivity index (χ3v) is 2.19. The fourth-order valence-electron chi connectivity index (χ4n) is 1.20. The van der Waals surface area contributed by atoms with E-state index < -0.39 is 0 Å². The zero-order chi connectivity index (χ0) is 12.7.